The van der Waals surface area contributed by atoms with Crippen LogP contribution in [0.1, 0.15) is 56.1 Å². The van der Waals surface area contributed by atoms with Crippen LogP contribution in [0.25, 0.3) is 10.9 Å². The third kappa shape index (κ3) is 3.58. The van der Waals surface area contributed by atoms with E-state index in [2.05, 4.69) is 18.4 Å². The van der Waals surface area contributed by atoms with Crippen LogP contribution in [0.5, 0.6) is 5.75 Å². The van der Waals surface area contributed by atoms with Crippen molar-refractivity contribution >= 4 is 16.7 Å². The lowest BCUT2D eigenvalue weighted by Gasteiger charge is -2.34. The van der Waals surface area contributed by atoms with Gasteiger partial charge in [0.25, 0.3) is 0 Å². The highest BCUT2D eigenvalue weighted by atomic mass is 16.5. The summed E-state index contributed by atoms with van der Waals surface area (Å²) < 4.78 is 13.6. The maximum Gasteiger partial charge on any atom is 0.191 e. The molecule has 2 aliphatic carbocycles. The van der Waals surface area contributed by atoms with Crippen LogP contribution in [0, 0.1) is 0 Å². The number of carbonyl (C=O) groups excluding carboxylic acids is 1. The average Bonchev–Trinajstić information content (AvgIpc) is 2.89. The summed E-state index contributed by atoms with van der Waals surface area (Å²) in [7, 11) is 2.01. The Labute approximate surface area is 182 Å². The molecule has 1 aromatic carbocycles. The molecule has 2 aromatic rings. The average molecular weight is 426 g/mol. The molecule has 1 heterocycles. The molecule has 6 heteroatoms. The summed E-state index contributed by atoms with van der Waals surface area (Å²) in [5.41, 5.74) is 4.20. The van der Waals surface area contributed by atoms with Gasteiger partial charge in [0.05, 0.1) is 30.1 Å². The van der Waals surface area contributed by atoms with Crippen molar-refractivity contribution in [1.29, 1.82) is 0 Å². The SMILES string of the molecule is CCOc1ccc2c3c(n(C)c2c1)C(C)(C)C1=C(CCCC(OC[C@H](O)CO)=C1)C3=O. The van der Waals surface area contributed by atoms with Crippen molar-refractivity contribution in [1.82, 2.24) is 4.57 Å². The molecule has 166 valence electrons. The van der Waals surface area contributed by atoms with Crippen LogP contribution in [0.4, 0.5) is 0 Å². The Bertz CT molecular complexity index is 1090. The third-order valence-corrected chi connectivity index (χ3v) is 6.40. The number of rotatable bonds is 6. The van der Waals surface area contributed by atoms with E-state index in [1.165, 1.54) is 0 Å². The molecule has 2 aliphatic rings. The molecule has 0 aliphatic heterocycles. The number of benzene rings is 1. The summed E-state index contributed by atoms with van der Waals surface area (Å²) in [6, 6.07) is 5.93. The summed E-state index contributed by atoms with van der Waals surface area (Å²) in [4.78, 5) is 13.7. The minimum atomic E-state index is -0.914. The van der Waals surface area contributed by atoms with Crippen molar-refractivity contribution in [3.8, 4) is 5.75 Å². The van der Waals surface area contributed by atoms with Crippen molar-refractivity contribution < 1.29 is 24.5 Å². The number of aryl methyl sites for hydroxylation is 1. The van der Waals surface area contributed by atoms with Gasteiger partial charge in [0, 0.05) is 41.6 Å². The molecule has 0 amide bonds. The molecule has 2 N–H and O–H groups in total. The summed E-state index contributed by atoms with van der Waals surface area (Å²) in [6.07, 6.45) is 3.26. The van der Waals surface area contributed by atoms with Crippen LogP contribution in [0.2, 0.25) is 0 Å². The van der Waals surface area contributed by atoms with Crippen molar-refractivity contribution in [3.05, 3.63) is 52.4 Å². The third-order valence-electron chi connectivity index (χ3n) is 6.40. The van der Waals surface area contributed by atoms with Crippen LogP contribution >= 0.6 is 0 Å². The first kappa shape index (κ1) is 21.7. The number of aliphatic hydroxyl groups excluding tert-OH is 2. The number of hydrogen-bond acceptors (Lipinski definition) is 5. The van der Waals surface area contributed by atoms with Crippen LogP contribution in [-0.4, -0.2) is 46.5 Å². The van der Waals surface area contributed by atoms with Gasteiger partial charge in [-0.25, -0.2) is 0 Å². The van der Waals surface area contributed by atoms with Gasteiger partial charge < -0.3 is 24.3 Å². The molecule has 0 radical (unpaired) electrons. The lowest BCUT2D eigenvalue weighted by atomic mass is 9.70. The Morgan fingerprint density at radius 3 is 2.71 bits per heavy atom. The van der Waals surface area contributed by atoms with E-state index in [0.29, 0.717) is 19.4 Å². The van der Waals surface area contributed by atoms with E-state index in [9.17, 15) is 9.90 Å². The lowest BCUT2D eigenvalue weighted by molar-refractivity contribution is 0.0282. The second kappa shape index (κ2) is 8.17. The Morgan fingerprint density at radius 2 is 2.00 bits per heavy atom. The van der Waals surface area contributed by atoms with Gasteiger partial charge in [0.2, 0.25) is 0 Å². The quantitative estimate of drug-likeness (QED) is 0.736. The summed E-state index contributed by atoms with van der Waals surface area (Å²) >= 11 is 0. The highest BCUT2D eigenvalue weighted by Gasteiger charge is 2.42. The highest BCUT2D eigenvalue weighted by molar-refractivity contribution is 6.19. The Hall–Kier alpha value is -2.57. The predicted molar refractivity (Wildman–Crippen MR) is 119 cm³/mol. The number of ether oxygens (including phenoxy) is 2. The zero-order chi connectivity index (χ0) is 22.3. The molecule has 31 heavy (non-hydrogen) atoms. The summed E-state index contributed by atoms with van der Waals surface area (Å²) in [6.45, 7) is 6.55. The molecular formula is C25H31NO5. The molecule has 0 saturated heterocycles. The topological polar surface area (TPSA) is 80.9 Å². The van der Waals surface area contributed by atoms with Crippen LogP contribution in [0.15, 0.2) is 41.2 Å². The Balaban J connectivity index is 1.83. The monoisotopic (exact) mass is 425 g/mol. The fourth-order valence-corrected chi connectivity index (χ4v) is 4.97. The van der Waals surface area contributed by atoms with Gasteiger partial charge in [0.1, 0.15) is 18.5 Å². The maximum absolute atomic E-state index is 13.7. The van der Waals surface area contributed by atoms with E-state index < -0.39 is 11.5 Å². The number of aliphatic hydroxyl groups is 2. The summed E-state index contributed by atoms with van der Waals surface area (Å²) in [5, 5.41) is 19.7. The lowest BCUT2D eigenvalue weighted by Crippen LogP contribution is -2.32. The zero-order valence-electron chi connectivity index (χ0n) is 18.7. The number of allylic oxidation sites excluding steroid dienone is 4. The van der Waals surface area contributed by atoms with Crippen LogP contribution < -0.4 is 4.74 Å². The van der Waals surface area contributed by atoms with Crippen molar-refractivity contribution in [2.45, 2.75) is 51.6 Å². The molecule has 6 nitrogen and oxygen atoms in total. The van der Waals surface area contributed by atoms with E-state index in [0.717, 1.165) is 51.2 Å². The van der Waals surface area contributed by atoms with Crippen LogP contribution in [0.3, 0.4) is 0 Å². The molecular weight excluding hydrogens is 394 g/mol. The standard InChI is InChI=1S/C25H31NO5/c1-5-30-17-9-10-19-21(12-17)26(4)24-22(19)23(29)18-8-6-7-16(31-14-15(28)13-27)11-20(18)25(24,2)3/h9-12,15,27-28H,5-8,13-14H2,1-4H3/t15-/m1/s1. The zero-order valence-corrected chi connectivity index (χ0v) is 18.7. The van der Waals surface area contributed by atoms with Crippen LogP contribution in [-0.2, 0) is 17.2 Å². The van der Waals surface area contributed by atoms with E-state index >= 15 is 0 Å². The van der Waals surface area contributed by atoms with Gasteiger partial charge >= 0.3 is 0 Å². The van der Waals surface area contributed by atoms with E-state index in [-0.39, 0.29) is 19.0 Å². The smallest absolute Gasteiger partial charge is 0.191 e. The highest BCUT2D eigenvalue weighted by Crippen LogP contribution is 2.48. The minimum absolute atomic E-state index is 0.0405. The van der Waals surface area contributed by atoms with Gasteiger partial charge in [-0.05, 0) is 43.5 Å². The second-order valence-electron chi connectivity index (χ2n) is 8.85. The molecule has 0 bridgehead atoms. The van der Waals surface area contributed by atoms with Gasteiger partial charge in [0.15, 0.2) is 5.78 Å². The second-order valence-corrected chi connectivity index (χ2v) is 8.85. The molecule has 0 saturated carbocycles. The Morgan fingerprint density at radius 1 is 1.23 bits per heavy atom. The van der Waals surface area contributed by atoms with Crippen molar-refractivity contribution in [3.63, 3.8) is 0 Å². The van der Waals surface area contributed by atoms with Gasteiger partial charge in [-0.1, -0.05) is 13.8 Å². The van der Waals surface area contributed by atoms with Gasteiger partial charge in [-0.3, -0.25) is 4.79 Å². The van der Waals surface area contributed by atoms with Crippen molar-refractivity contribution in [2.75, 3.05) is 19.8 Å². The maximum atomic E-state index is 13.7. The van der Waals surface area contributed by atoms with E-state index in [1.54, 1.807) is 0 Å². The molecule has 1 aromatic heterocycles. The van der Waals surface area contributed by atoms with Gasteiger partial charge in [-0.15, -0.1) is 0 Å². The molecule has 0 spiro atoms. The molecule has 4 rings (SSSR count). The Kier molecular flexibility index (Phi) is 5.71. The first-order valence-corrected chi connectivity index (χ1v) is 11.0. The van der Waals surface area contributed by atoms with E-state index in [4.69, 9.17) is 14.6 Å². The predicted octanol–water partition coefficient (Wildman–Crippen LogP) is 3.79. The van der Waals surface area contributed by atoms with Gasteiger partial charge in [-0.2, -0.15) is 0 Å². The molecule has 1 atom stereocenters. The summed E-state index contributed by atoms with van der Waals surface area (Å²) in [5.74, 6) is 1.64. The number of aromatic nitrogens is 1. The number of Topliss-reactive ketones (excluding diaryl/α,β-unsaturated/α-hetero) is 1. The largest absolute Gasteiger partial charge is 0.495 e. The number of nitrogens with zero attached hydrogens (tertiary/aromatic N) is 1. The number of fused-ring (bicyclic) bond motifs is 3. The first-order valence-electron chi connectivity index (χ1n) is 11.0. The molecule has 0 unspecified atom stereocenters. The fraction of sp³-hybridized carbons (Fsp3) is 0.480. The minimum Gasteiger partial charge on any atom is -0.495 e. The molecule has 0 fully saturated rings. The fourth-order valence-electron chi connectivity index (χ4n) is 4.97. The first-order chi connectivity index (χ1) is 14.8. The normalized spacial score (nSPS) is 18.9. The number of ketones is 1. The number of carbonyl (C=O) groups is 1. The van der Waals surface area contributed by atoms with Crippen molar-refractivity contribution in [2.24, 2.45) is 7.05 Å². The number of hydrogen-bond donors (Lipinski definition) is 2. The van der Waals surface area contributed by atoms with E-state index in [1.807, 2.05) is 38.2 Å².